The fraction of sp³-hybridized carbons (Fsp3) is 0.444. The Morgan fingerprint density at radius 2 is 1.84 bits per heavy atom. The number of carbonyl (C=O) groups excluding carboxylic acids is 2. The maximum Gasteiger partial charge on any atom is 0.275 e. The van der Waals surface area contributed by atoms with Gasteiger partial charge >= 0.3 is 0 Å². The summed E-state index contributed by atoms with van der Waals surface area (Å²) in [5.41, 5.74) is 0.459. The van der Waals surface area contributed by atoms with Crippen molar-refractivity contribution in [2.45, 2.75) is 39.3 Å². The molecule has 1 saturated heterocycles. The molecule has 0 unspecified atom stereocenters. The van der Waals surface area contributed by atoms with Crippen molar-refractivity contribution in [1.29, 1.82) is 0 Å². The van der Waals surface area contributed by atoms with Crippen molar-refractivity contribution in [3.63, 3.8) is 0 Å². The van der Waals surface area contributed by atoms with Crippen LogP contribution in [0.2, 0.25) is 0 Å². The Morgan fingerprint density at radius 1 is 1.20 bits per heavy atom. The Bertz CT molecular complexity index is 866. The van der Waals surface area contributed by atoms with Gasteiger partial charge in [-0.15, -0.1) is 0 Å². The first-order valence-electron chi connectivity index (χ1n) is 8.47. The van der Waals surface area contributed by atoms with Crippen LogP contribution in [0.25, 0.3) is 10.8 Å². The molecule has 1 fully saturated rings. The first-order valence-corrected chi connectivity index (χ1v) is 8.47. The predicted molar refractivity (Wildman–Crippen MR) is 94.2 cm³/mol. The highest BCUT2D eigenvalue weighted by molar-refractivity contribution is 5.83. The number of hydrogen-bond donors (Lipinski definition) is 1. The molecule has 3 rings (SSSR count). The number of likely N-dealkylation sites (tertiary alicyclic amines) is 1. The van der Waals surface area contributed by atoms with Gasteiger partial charge in [-0.1, -0.05) is 18.2 Å². The summed E-state index contributed by atoms with van der Waals surface area (Å²) in [4.78, 5) is 37.9. The number of aryl methyl sites for hydroxylation is 1. The van der Waals surface area contributed by atoms with Gasteiger partial charge in [0, 0.05) is 31.4 Å². The summed E-state index contributed by atoms with van der Waals surface area (Å²) in [7, 11) is 0. The Labute approximate surface area is 145 Å². The smallest absolute Gasteiger partial charge is 0.275 e. The van der Waals surface area contributed by atoms with Crippen LogP contribution >= 0.6 is 0 Å². The molecular weight excluding hydrogens is 320 g/mol. The van der Waals surface area contributed by atoms with Crippen molar-refractivity contribution < 1.29 is 9.59 Å². The van der Waals surface area contributed by atoms with Gasteiger partial charge in [0.15, 0.2) is 0 Å². The number of hydrogen-bond acceptors (Lipinski definition) is 4. The van der Waals surface area contributed by atoms with Gasteiger partial charge in [-0.2, -0.15) is 5.10 Å². The molecule has 1 aliphatic rings. The van der Waals surface area contributed by atoms with E-state index in [1.54, 1.807) is 24.0 Å². The summed E-state index contributed by atoms with van der Waals surface area (Å²) in [6.45, 7) is 4.57. The zero-order valence-electron chi connectivity index (χ0n) is 14.5. The predicted octanol–water partition coefficient (Wildman–Crippen LogP) is 0.832. The second kappa shape index (κ2) is 7.04. The minimum atomic E-state index is -0.261. The van der Waals surface area contributed by atoms with Gasteiger partial charge in [0.25, 0.3) is 5.56 Å². The Balaban J connectivity index is 1.68. The first kappa shape index (κ1) is 17.1. The minimum absolute atomic E-state index is 0.0281. The highest BCUT2D eigenvalue weighted by Crippen LogP contribution is 2.12. The fourth-order valence-corrected chi connectivity index (χ4v) is 3.26. The molecule has 132 valence electrons. The molecule has 7 heteroatoms. The van der Waals surface area contributed by atoms with Crippen molar-refractivity contribution in [2.75, 3.05) is 13.1 Å². The van der Waals surface area contributed by atoms with E-state index in [9.17, 15) is 14.4 Å². The fourth-order valence-electron chi connectivity index (χ4n) is 3.26. The monoisotopic (exact) mass is 342 g/mol. The zero-order valence-corrected chi connectivity index (χ0v) is 14.5. The molecule has 7 nitrogen and oxygen atoms in total. The van der Waals surface area contributed by atoms with E-state index < -0.39 is 0 Å². The Hall–Kier alpha value is -2.70. The van der Waals surface area contributed by atoms with E-state index in [1.807, 2.05) is 19.1 Å². The Morgan fingerprint density at radius 3 is 2.48 bits per heavy atom. The van der Waals surface area contributed by atoms with Crippen LogP contribution in [-0.2, 0) is 16.1 Å². The number of benzene rings is 1. The van der Waals surface area contributed by atoms with E-state index in [4.69, 9.17) is 0 Å². The summed E-state index contributed by atoms with van der Waals surface area (Å²) in [5, 5.41) is 8.58. The molecule has 25 heavy (non-hydrogen) atoms. The zero-order chi connectivity index (χ0) is 18.0. The molecule has 1 aliphatic heterocycles. The summed E-state index contributed by atoms with van der Waals surface area (Å²) in [5.74, 6) is -0.169. The lowest BCUT2D eigenvalue weighted by Gasteiger charge is -2.31. The lowest BCUT2D eigenvalue weighted by Crippen LogP contribution is -2.47. The van der Waals surface area contributed by atoms with E-state index in [0.717, 1.165) is 23.9 Å². The van der Waals surface area contributed by atoms with Crippen LogP contribution in [0.4, 0.5) is 0 Å². The molecule has 1 aromatic heterocycles. The van der Waals surface area contributed by atoms with Crippen molar-refractivity contribution in [1.82, 2.24) is 20.0 Å². The first-order chi connectivity index (χ1) is 12.0. The summed E-state index contributed by atoms with van der Waals surface area (Å²) in [6.07, 6.45) is 1.45. The number of piperidine rings is 1. The third kappa shape index (κ3) is 3.70. The van der Waals surface area contributed by atoms with Crippen LogP contribution in [0.5, 0.6) is 0 Å². The van der Waals surface area contributed by atoms with Crippen LogP contribution in [0.15, 0.2) is 29.1 Å². The van der Waals surface area contributed by atoms with Gasteiger partial charge in [-0.05, 0) is 25.8 Å². The second-order valence-electron chi connectivity index (χ2n) is 6.44. The van der Waals surface area contributed by atoms with Crippen LogP contribution in [-0.4, -0.2) is 45.6 Å². The lowest BCUT2D eigenvalue weighted by molar-refractivity contribution is -0.130. The standard InChI is InChI=1S/C18H22N4O3/c1-12-15-5-3-4-6-16(15)18(25)22(20-12)11-17(24)19-14-7-9-21(10-8-14)13(2)23/h3-6,14H,7-11H2,1-2H3,(H,19,24). The van der Waals surface area contributed by atoms with Gasteiger partial charge in [0.1, 0.15) is 6.54 Å². The maximum absolute atomic E-state index is 12.5. The number of fused-ring (bicyclic) bond motifs is 1. The molecule has 2 heterocycles. The topological polar surface area (TPSA) is 84.3 Å². The van der Waals surface area contributed by atoms with Crippen molar-refractivity contribution in [2.24, 2.45) is 0 Å². The molecule has 0 spiro atoms. The number of aromatic nitrogens is 2. The highest BCUT2D eigenvalue weighted by atomic mass is 16.2. The molecule has 0 atom stereocenters. The molecule has 2 aromatic rings. The van der Waals surface area contributed by atoms with Crippen LogP contribution in [0.1, 0.15) is 25.5 Å². The van der Waals surface area contributed by atoms with Crippen LogP contribution in [0, 0.1) is 6.92 Å². The third-order valence-corrected chi connectivity index (χ3v) is 4.65. The SMILES string of the molecule is CC(=O)N1CCC(NC(=O)Cn2nc(C)c3ccccc3c2=O)CC1. The van der Waals surface area contributed by atoms with Crippen molar-refractivity contribution in [3.8, 4) is 0 Å². The van der Waals surface area contributed by atoms with Crippen molar-refractivity contribution in [3.05, 3.63) is 40.3 Å². The average Bonchev–Trinajstić information content (AvgIpc) is 2.60. The molecule has 1 N–H and O–H groups in total. The van der Waals surface area contributed by atoms with Crippen LogP contribution in [0.3, 0.4) is 0 Å². The molecule has 0 bridgehead atoms. The molecule has 0 aliphatic carbocycles. The van der Waals surface area contributed by atoms with E-state index in [2.05, 4.69) is 10.4 Å². The van der Waals surface area contributed by atoms with E-state index in [1.165, 1.54) is 4.68 Å². The lowest BCUT2D eigenvalue weighted by atomic mass is 10.1. The molecule has 1 aromatic carbocycles. The molecular formula is C18H22N4O3. The van der Waals surface area contributed by atoms with Crippen LogP contribution < -0.4 is 10.9 Å². The number of carbonyl (C=O) groups is 2. The number of rotatable bonds is 3. The Kier molecular flexibility index (Phi) is 4.83. The molecule has 2 amide bonds. The number of nitrogens with one attached hydrogen (secondary N) is 1. The molecule has 0 radical (unpaired) electrons. The van der Waals surface area contributed by atoms with Gasteiger partial charge in [0.05, 0.1) is 11.1 Å². The van der Waals surface area contributed by atoms with E-state index in [0.29, 0.717) is 18.5 Å². The summed E-state index contributed by atoms with van der Waals surface area (Å²) >= 11 is 0. The minimum Gasteiger partial charge on any atom is -0.352 e. The van der Waals surface area contributed by atoms with Gasteiger partial charge in [-0.3, -0.25) is 14.4 Å². The van der Waals surface area contributed by atoms with Gasteiger partial charge in [0.2, 0.25) is 11.8 Å². The molecule has 0 saturated carbocycles. The van der Waals surface area contributed by atoms with Gasteiger partial charge < -0.3 is 10.2 Å². The highest BCUT2D eigenvalue weighted by Gasteiger charge is 2.22. The van der Waals surface area contributed by atoms with E-state index >= 15 is 0 Å². The number of nitrogens with zero attached hydrogens (tertiary/aromatic N) is 3. The summed E-state index contributed by atoms with van der Waals surface area (Å²) in [6, 6.07) is 7.29. The summed E-state index contributed by atoms with van der Waals surface area (Å²) < 4.78 is 1.22. The normalized spacial score (nSPS) is 15.4. The second-order valence-corrected chi connectivity index (χ2v) is 6.44. The average molecular weight is 342 g/mol. The third-order valence-electron chi connectivity index (χ3n) is 4.65. The maximum atomic E-state index is 12.5. The van der Waals surface area contributed by atoms with Gasteiger partial charge in [-0.25, -0.2) is 4.68 Å². The largest absolute Gasteiger partial charge is 0.352 e. The number of amides is 2. The van der Waals surface area contributed by atoms with E-state index in [-0.39, 0.29) is 30.0 Å². The quantitative estimate of drug-likeness (QED) is 0.895. The van der Waals surface area contributed by atoms with Crippen molar-refractivity contribution >= 4 is 22.6 Å².